The predicted molar refractivity (Wildman–Crippen MR) is 106 cm³/mol. The van der Waals surface area contributed by atoms with Gasteiger partial charge in [-0.15, -0.1) is 0 Å². The maximum Gasteiger partial charge on any atom is 0.158 e. The lowest BCUT2D eigenvalue weighted by atomic mass is 9.68. The fourth-order valence-electron chi connectivity index (χ4n) is 4.83. The summed E-state index contributed by atoms with van der Waals surface area (Å²) in [6.07, 6.45) is 9.15. The molecule has 0 aliphatic carbocycles. The summed E-state index contributed by atoms with van der Waals surface area (Å²) in [7, 11) is 0. The van der Waals surface area contributed by atoms with Crippen molar-refractivity contribution in [2.75, 3.05) is 36.0 Å². The van der Waals surface area contributed by atoms with Crippen molar-refractivity contribution >= 4 is 22.7 Å². The van der Waals surface area contributed by atoms with Crippen molar-refractivity contribution in [2.45, 2.75) is 19.8 Å². The van der Waals surface area contributed by atoms with Gasteiger partial charge in [0.25, 0.3) is 0 Å². The molecule has 5 rings (SSSR count). The zero-order valence-corrected chi connectivity index (χ0v) is 15.8. The summed E-state index contributed by atoms with van der Waals surface area (Å²) in [5.74, 6) is 2.56. The van der Waals surface area contributed by atoms with E-state index in [0.29, 0.717) is 11.6 Å². The van der Waals surface area contributed by atoms with E-state index in [-0.39, 0.29) is 5.41 Å². The molecule has 0 spiro atoms. The van der Waals surface area contributed by atoms with E-state index in [1.165, 1.54) is 6.42 Å². The minimum Gasteiger partial charge on any atom is -0.355 e. The minimum atomic E-state index is 0.139. The van der Waals surface area contributed by atoms with Crippen molar-refractivity contribution in [2.24, 2.45) is 11.3 Å². The number of fused-ring (bicyclic) bond motifs is 2. The number of hydrogen-bond donors (Lipinski definition) is 1. The average Bonchev–Trinajstić information content (AvgIpc) is 3.21. The van der Waals surface area contributed by atoms with Crippen LogP contribution in [0.2, 0.25) is 0 Å². The number of H-pyrrole nitrogens is 1. The number of nitriles is 1. The van der Waals surface area contributed by atoms with Crippen LogP contribution in [0, 0.1) is 22.7 Å². The molecule has 2 fully saturated rings. The Hall–Kier alpha value is -3.21. The van der Waals surface area contributed by atoms with Crippen LogP contribution in [0.3, 0.4) is 0 Å². The molecule has 0 radical (unpaired) electrons. The third-order valence-corrected chi connectivity index (χ3v) is 6.29. The Balaban J connectivity index is 1.40. The van der Waals surface area contributed by atoms with Gasteiger partial charge in [0, 0.05) is 37.8 Å². The van der Waals surface area contributed by atoms with Crippen molar-refractivity contribution in [1.82, 2.24) is 24.9 Å². The molecule has 2 atom stereocenters. The lowest BCUT2D eigenvalue weighted by molar-refractivity contribution is 0.125. The summed E-state index contributed by atoms with van der Waals surface area (Å²) >= 11 is 0. The van der Waals surface area contributed by atoms with Gasteiger partial charge in [-0.1, -0.05) is 6.92 Å². The number of aromatic nitrogens is 5. The van der Waals surface area contributed by atoms with Crippen molar-refractivity contribution in [3.63, 3.8) is 0 Å². The highest BCUT2D eigenvalue weighted by molar-refractivity contribution is 5.87. The maximum atomic E-state index is 8.95. The van der Waals surface area contributed by atoms with Crippen LogP contribution >= 0.6 is 0 Å². The van der Waals surface area contributed by atoms with Gasteiger partial charge in [0.2, 0.25) is 0 Å². The zero-order valence-electron chi connectivity index (χ0n) is 15.8. The second-order valence-electron chi connectivity index (χ2n) is 8.08. The van der Waals surface area contributed by atoms with E-state index in [9.17, 15) is 0 Å². The molecule has 5 heterocycles. The van der Waals surface area contributed by atoms with Crippen molar-refractivity contribution < 1.29 is 0 Å². The summed E-state index contributed by atoms with van der Waals surface area (Å²) in [5.41, 5.74) is 1.38. The Bertz CT molecular complexity index is 1040. The van der Waals surface area contributed by atoms with E-state index in [4.69, 9.17) is 5.26 Å². The minimum absolute atomic E-state index is 0.139. The number of hydrogen-bond acceptors (Lipinski definition) is 7. The van der Waals surface area contributed by atoms with Crippen LogP contribution in [0.15, 0.2) is 31.0 Å². The SMILES string of the molecule is C[C@]12CN(c3cnc(C#N)cn3)CC[C@H]1CCN(c1ncnc3[nH]ccc13)C2. The van der Waals surface area contributed by atoms with Gasteiger partial charge < -0.3 is 14.8 Å². The largest absolute Gasteiger partial charge is 0.355 e. The van der Waals surface area contributed by atoms with Crippen LogP contribution in [0.25, 0.3) is 11.0 Å². The highest BCUT2D eigenvalue weighted by atomic mass is 15.3. The van der Waals surface area contributed by atoms with Gasteiger partial charge in [-0.05, 0) is 24.8 Å². The van der Waals surface area contributed by atoms with Crippen LogP contribution in [0.5, 0.6) is 0 Å². The van der Waals surface area contributed by atoms with E-state index < -0.39 is 0 Å². The Labute approximate surface area is 163 Å². The topological polar surface area (TPSA) is 97.6 Å². The van der Waals surface area contributed by atoms with Gasteiger partial charge in [0.05, 0.1) is 17.8 Å². The van der Waals surface area contributed by atoms with E-state index >= 15 is 0 Å². The standard InChI is InChI=1S/C20H22N8/c1-20-11-27(17-10-23-15(8-21)9-24-17)6-3-14(20)4-7-28(12-20)19-16-2-5-22-18(16)25-13-26-19/h2,5,9-10,13-14H,3-4,6-7,11-12H2,1H3,(H,22,25,26)/t14-,20+/m0/s1. The molecule has 0 aromatic carbocycles. The first-order valence-corrected chi connectivity index (χ1v) is 9.66. The third kappa shape index (κ3) is 2.74. The highest BCUT2D eigenvalue weighted by Crippen LogP contribution is 2.43. The van der Waals surface area contributed by atoms with Gasteiger partial charge in [-0.25, -0.2) is 19.9 Å². The van der Waals surface area contributed by atoms with Crippen LogP contribution in [0.1, 0.15) is 25.5 Å². The quantitative estimate of drug-likeness (QED) is 0.735. The van der Waals surface area contributed by atoms with E-state index in [1.54, 1.807) is 18.7 Å². The number of anilines is 2. The fraction of sp³-hybridized carbons (Fsp3) is 0.450. The normalized spacial score (nSPS) is 24.8. The molecule has 0 unspecified atom stereocenters. The molecule has 2 aliphatic heterocycles. The van der Waals surface area contributed by atoms with Crippen molar-refractivity contribution in [1.29, 1.82) is 5.26 Å². The molecule has 8 nitrogen and oxygen atoms in total. The summed E-state index contributed by atoms with van der Waals surface area (Å²) < 4.78 is 0. The lowest BCUT2D eigenvalue weighted by Crippen LogP contribution is -2.57. The second-order valence-corrected chi connectivity index (χ2v) is 8.08. The molecule has 2 saturated heterocycles. The molecule has 142 valence electrons. The first-order valence-electron chi connectivity index (χ1n) is 9.66. The van der Waals surface area contributed by atoms with Gasteiger partial charge in [0.15, 0.2) is 5.69 Å². The monoisotopic (exact) mass is 374 g/mol. The Morgan fingerprint density at radius 3 is 2.71 bits per heavy atom. The molecular formula is C20H22N8. The number of nitrogens with one attached hydrogen (secondary N) is 1. The first-order chi connectivity index (χ1) is 13.7. The smallest absolute Gasteiger partial charge is 0.158 e. The van der Waals surface area contributed by atoms with E-state index in [0.717, 1.165) is 55.3 Å². The summed E-state index contributed by atoms with van der Waals surface area (Å²) in [5, 5.41) is 10.0. The van der Waals surface area contributed by atoms with E-state index in [2.05, 4.69) is 47.7 Å². The third-order valence-electron chi connectivity index (χ3n) is 6.29. The van der Waals surface area contributed by atoms with Gasteiger partial charge in [-0.2, -0.15) is 5.26 Å². The molecule has 3 aromatic rings. The average molecular weight is 374 g/mol. The first kappa shape index (κ1) is 16.9. The number of nitrogens with zero attached hydrogens (tertiary/aromatic N) is 7. The fourth-order valence-corrected chi connectivity index (χ4v) is 4.83. The molecule has 3 aromatic heterocycles. The van der Waals surface area contributed by atoms with Crippen LogP contribution < -0.4 is 9.80 Å². The Morgan fingerprint density at radius 2 is 1.93 bits per heavy atom. The van der Waals surface area contributed by atoms with Crippen LogP contribution in [0.4, 0.5) is 11.6 Å². The number of rotatable bonds is 2. The molecule has 2 aliphatic rings. The molecule has 8 heteroatoms. The Kier molecular flexibility index (Phi) is 3.90. The van der Waals surface area contributed by atoms with Gasteiger partial charge >= 0.3 is 0 Å². The van der Waals surface area contributed by atoms with Crippen LogP contribution in [-0.4, -0.2) is 51.1 Å². The highest BCUT2D eigenvalue weighted by Gasteiger charge is 2.44. The second kappa shape index (κ2) is 6.44. The zero-order chi connectivity index (χ0) is 19.1. The molecule has 28 heavy (non-hydrogen) atoms. The Morgan fingerprint density at radius 1 is 1.11 bits per heavy atom. The molecule has 1 N–H and O–H groups in total. The molecular weight excluding hydrogens is 352 g/mol. The van der Waals surface area contributed by atoms with E-state index in [1.807, 2.05) is 12.3 Å². The van der Waals surface area contributed by atoms with Crippen LogP contribution in [-0.2, 0) is 0 Å². The summed E-state index contributed by atoms with van der Waals surface area (Å²) in [6, 6.07) is 4.09. The van der Waals surface area contributed by atoms with Gasteiger partial charge in [0.1, 0.15) is 29.7 Å². The molecule has 0 bridgehead atoms. The summed E-state index contributed by atoms with van der Waals surface area (Å²) in [4.78, 5) is 25.5. The molecule has 0 saturated carbocycles. The number of piperidine rings is 2. The van der Waals surface area contributed by atoms with Gasteiger partial charge in [-0.3, -0.25) is 0 Å². The van der Waals surface area contributed by atoms with Crippen molar-refractivity contribution in [3.05, 3.63) is 36.7 Å². The summed E-state index contributed by atoms with van der Waals surface area (Å²) in [6.45, 7) is 6.26. The molecule has 0 amide bonds. The maximum absolute atomic E-state index is 8.95. The lowest BCUT2D eigenvalue weighted by Gasteiger charge is -2.52. The predicted octanol–water partition coefficient (Wildman–Crippen LogP) is 2.36. The number of aromatic amines is 1. The van der Waals surface area contributed by atoms with Crippen molar-refractivity contribution in [3.8, 4) is 6.07 Å².